The van der Waals surface area contributed by atoms with E-state index in [4.69, 9.17) is 0 Å². The van der Waals surface area contributed by atoms with Crippen molar-refractivity contribution in [3.63, 3.8) is 0 Å². The second-order valence-corrected chi connectivity index (χ2v) is 6.02. The molecule has 0 unspecified atom stereocenters. The highest BCUT2D eigenvalue weighted by Crippen LogP contribution is 2.22. The number of H-pyrrole nitrogens is 1. The third-order valence-corrected chi connectivity index (χ3v) is 4.17. The zero-order chi connectivity index (χ0) is 17.0. The van der Waals surface area contributed by atoms with E-state index in [0.29, 0.717) is 11.3 Å². The Labute approximate surface area is 137 Å². The number of nitrogens with zero attached hydrogens (tertiary/aromatic N) is 1. The smallest absolute Gasteiger partial charge is 0.325 e. The number of ketones is 1. The van der Waals surface area contributed by atoms with Crippen LogP contribution in [0.3, 0.4) is 0 Å². The topological polar surface area (TPSA) is 91.9 Å². The molecular formula is C16H17N3O3S. The molecule has 1 heterocycles. The fourth-order valence-electron chi connectivity index (χ4n) is 2.11. The van der Waals surface area contributed by atoms with Gasteiger partial charge in [0.2, 0.25) is 5.91 Å². The van der Waals surface area contributed by atoms with Crippen LogP contribution in [-0.4, -0.2) is 27.4 Å². The molecule has 23 heavy (non-hydrogen) atoms. The van der Waals surface area contributed by atoms with Gasteiger partial charge in [0, 0.05) is 11.4 Å². The zero-order valence-electron chi connectivity index (χ0n) is 13.1. The van der Waals surface area contributed by atoms with Crippen LogP contribution in [0.4, 0.5) is 5.69 Å². The molecule has 6 nitrogen and oxygen atoms in total. The van der Waals surface area contributed by atoms with Crippen molar-refractivity contribution in [3.05, 3.63) is 51.6 Å². The normalized spacial score (nSPS) is 10.4. The molecule has 0 saturated carbocycles. The molecule has 120 valence electrons. The van der Waals surface area contributed by atoms with Gasteiger partial charge in [-0.3, -0.25) is 9.59 Å². The molecule has 0 bridgehead atoms. The lowest BCUT2D eigenvalue weighted by molar-refractivity contribution is -0.113. The summed E-state index contributed by atoms with van der Waals surface area (Å²) in [5, 5.41) is 3.08. The molecule has 0 fully saturated rings. The van der Waals surface area contributed by atoms with E-state index >= 15 is 0 Å². The van der Waals surface area contributed by atoms with E-state index in [0.717, 1.165) is 23.0 Å². The SMILES string of the molecule is CC(=O)c1c(SCC(=O)Nc2ccccc2C)nc(=O)[nH]c1C. The second-order valence-electron chi connectivity index (χ2n) is 5.06. The van der Waals surface area contributed by atoms with Crippen molar-refractivity contribution < 1.29 is 9.59 Å². The molecule has 0 aliphatic heterocycles. The number of hydrogen-bond donors (Lipinski definition) is 2. The Morgan fingerprint density at radius 3 is 2.61 bits per heavy atom. The quantitative estimate of drug-likeness (QED) is 0.498. The van der Waals surface area contributed by atoms with Gasteiger partial charge < -0.3 is 10.3 Å². The average molecular weight is 331 g/mol. The molecule has 0 saturated heterocycles. The summed E-state index contributed by atoms with van der Waals surface area (Å²) < 4.78 is 0. The molecule has 1 amide bonds. The number of aromatic amines is 1. The van der Waals surface area contributed by atoms with Gasteiger partial charge in [-0.15, -0.1) is 0 Å². The number of carbonyl (C=O) groups excluding carboxylic acids is 2. The number of Topliss-reactive ketones (excluding diaryl/α,β-unsaturated/α-hetero) is 1. The third-order valence-electron chi connectivity index (χ3n) is 3.20. The Balaban J connectivity index is 2.12. The first kappa shape index (κ1) is 17.0. The number of aryl methyl sites for hydroxylation is 2. The van der Waals surface area contributed by atoms with E-state index in [-0.39, 0.29) is 22.5 Å². The Kier molecular flexibility index (Phi) is 5.33. The summed E-state index contributed by atoms with van der Waals surface area (Å²) >= 11 is 1.07. The Bertz CT molecular complexity index is 814. The first-order valence-corrected chi connectivity index (χ1v) is 7.97. The van der Waals surface area contributed by atoms with Gasteiger partial charge in [0.05, 0.1) is 11.3 Å². The predicted molar refractivity (Wildman–Crippen MR) is 90.1 cm³/mol. The maximum Gasteiger partial charge on any atom is 0.346 e. The molecule has 7 heteroatoms. The Hall–Kier alpha value is -2.41. The van der Waals surface area contributed by atoms with Crippen LogP contribution < -0.4 is 11.0 Å². The molecule has 1 aromatic carbocycles. The number of amides is 1. The second kappa shape index (κ2) is 7.23. The molecule has 2 aromatic rings. The van der Waals surface area contributed by atoms with Gasteiger partial charge >= 0.3 is 5.69 Å². The van der Waals surface area contributed by atoms with E-state index in [9.17, 15) is 14.4 Å². The van der Waals surface area contributed by atoms with Crippen molar-refractivity contribution >= 4 is 29.1 Å². The standard InChI is InChI=1S/C16H17N3O3S/c1-9-6-4-5-7-12(9)18-13(21)8-23-15-14(11(3)20)10(2)17-16(22)19-15/h4-7H,8H2,1-3H3,(H,18,21)(H,17,19,22). The molecule has 1 aromatic heterocycles. The minimum absolute atomic E-state index is 0.0600. The highest BCUT2D eigenvalue weighted by atomic mass is 32.2. The van der Waals surface area contributed by atoms with E-state index in [2.05, 4.69) is 15.3 Å². The van der Waals surface area contributed by atoms with Crippen molar-refractivity contribution in [2.75, 3.05) is 11.1 Å². The summed E-state index contributed by atoms with van der Waals surface area (Å²) in [7, 11) is 0. The molecule has 2 N–H and O–H groups in total. The van der Waals surface area contributed by atoms with E-state index < -0.39 is 5.69 Å². The Morgan fingerprint density at radius 2 is 1.96 bits per heavy atom. The maximum atomic E-state index is 12.1. The highest BCUT2D eigenvalue weighted by Gasteiger charge is 2.16. The van der Waals surface area contributed by atoms with Crippen molar-refractivity contribution in [3.8, 4) is 0 Å². The maximum absolute atomic E-state index is 12.1. The van der Waals surface area contributed by atoms with Gasteiger partial charge in [-0.05, 0) is 32.4 Å². The number of nitrogens with one attached hydrogen (secondary N) is 2. The van der Waals surface area contributed by atoms with E-state index in [1.54, 1.807) is 6.92 Å². The summed E-state index contributed by atoms with van der Waals surface area (Å²) in [5.74, 6) is -0.364. The highest BCUT2D eigenvalue weighted by molar-refractivity contribution is 8.00. The first-order valence-electron chi connectivity index (χ1n) is 6.98. The monoisotopic (exact) mass is 331 g/mol. The van der Waals surface area contributed by atoms with Crippen LogP contribution in [0.25, 0.3) is 0 Å². The van der Waals surface area contributed by atoms with E-state index in [1.165, 1.54) is 6.92 Å². The molecule has 0 aliphatic rings. The number of carbonyl (C=O) groups is 2. The largest absolute Gasteiger partial charge is 0.346 e. The number of hydrogen-bond acceptors (Lipinski definition) is 5. The van der Waals surface area contributed by atoms with E-state index in [1.807, 2.05) is 31.2 Å². The minimum Gasteiger partial charge on any atom is -0.325 e. The minimum atomic E-state index is -0.533. The van der Waals surface area contributed by atoms with Gasteiger partial charge in [0.1, 0.15) is 5.03 Å². The number of rotatable bonds is 5. The van der Waals surface area contributed by atoms with Crippen LogP contribution in [0.5, 0.6) is 0 Å². The number of aromatic nitrogens is 2. The number of para-hydroxylation sites is 1. The molecule has 0 atom stereocenters. The van der Waals surface area contributed by atoms with Gasteiger partial charge in [0.15, 0.2) is 5.78 Å². The van der Waals surface area contributed by atoms with Crippen LogP contribution in [0.2, 0.25) is 0 Å². The summed E-state index contributed by atoms with van der Waals surface area (Å²) in [6, 6.07) is 7.44. The number of thioether (sulfide) groups is 1. The molecule has 0 aliphatic carbocycles. The van der Waals surface area contributed by atoms with Crippen molar-refractivity contribution in [2.24, 2.45) is 0 Å². The molecule has 0 radical (unpaired) electrons. The van der Waals surface area contributed by atoms with Crippen LogP contribution in [0, 0.1) is 13.8 Å². The summed E-state index contributed by atoms with van der Waals surface area (Å²) in [5.41, 5.74) is 1.97. The first-order chi connectivity index (χ1) is 10.9. The fraction of sp³-hybridized carbons (Fsp3) is 0.250. The summed E-state index contributed by atoms with van der Waals surface area (Å²) in [6.07, 6.45) is 0. The fourth-order valence-corrected chi connectivity index (χ4v) is 3.04. The summed E-state index contributed by atoms with van der Waals surface area (Å²) in [6.45, 7) is 4.94. The van der Waals surface area contributed by atoms with Crippen molar-refractivity contribution in [1.82, 2.24) is 9.97 Å². The Morgan fingerprint density at radius 1 is 1.26 bits per heavy atom. The van der Waals surface area contributed by atoms with Crippen LogP contribution in [0.1, 0.15) is 28.5 Å². The van der Waals surface area contributed by atoms with Crippen molar-refractivity contribution in [1.29, 1.82) is 0 Å². The van der Waals surface area contributed by atoms with Gasteiger partial charge in [-0.25, -0.2) is 4.79 Å². The van der Waals surface area contributed by atoms with Gasteiger partial charge in [-0.2, -0.15) is 4.98 Å². The molecular weight excluding hydrogens is 314 g/mol. The third kappa shape index (κ3) is 4.29. The lowest BCUT2D eigenvalue weighted by Gasteiger charge is -2.09. The zero-order valence-corrected chi connectivity index (χ0v) is 13.9. The van der Waals surface area contributed by atoms with Gasteiger partial charge in [-0.1, -0.05) is 30.0 Å². The van der Waals surface area contributed by atoms with Crippen molar-refractivity contribution in [2.45, 2.75) is 25.8 Å². The van der Waals surface area contributed by atoms with Crippen LogP contribution in [0.15, 0.2) is 34.1 Å². The number of benzene rings is 1. The molecule has 0 spiro atoms. The summed E-state index contributed by atoms with van der Waals surface area (Å²) in [4.78, 5) is 41.5. The molecule has 2 rings (SSSR count). The van der Waals surface area contributed by atoms with Gasteiger partial charge in [0.25, 0.3) is 0 Å². The lowest BCUT2D eigenvalue weighted by atomic mass is 10.2. The van der Waals surface area contributed by atoms with Crippen LogP contribution in [-0.2, 0) is 4.79 Å². The van der Waals surface area contributed by atoms with Crippen LogP contribution >= 0.6 is 11.8 Å². The predicted octanol–water partition coefficient (Wildman–Crippen LogP) is 2.32. The lowest BCUT2D eigenvalue weighted by Crippen LogP contribution is -2.19. The average Bonchev–Trinajstić information content (AvgIpc) is 2.46. The number of anilines is 1.